The van der Waals surface area contributed by atoms with Gasteiger partial charge in [0.25, 0.3) is 22.2 Å². The predicted molar refractivity (Wildman–Crippen MR) is 146 cm³/mol. The Kier molecular flexibility index (Phi) is 10.4. The molecule has 1 amide bonds. The number of amides is 1. The van der Waals surface area contributed by atoms with Crippen molar-refractivity contribution in [3.63, 3.8) is 0 Å². The molecule has 44 heavy (non-hydrogen) atoms. The Morgan fingerprint density at radius 1 is 1.14 bits per heavy atom. The first kappa shape index (κ1) is 33.6. The van der Waals surface area contributed by atoms with Crippen LogP contribution in [0.5, 0.6) is 0 Å². The molecule has 238 valence electrons. The molecule has 0 radical (unpaired) electrons. The van der Waals surface area contributed by atoms with Gasteiger partial charge in [-0.25, -0.2) is 22.6 Å². The largest absolute Gasteiger partial charge is 0.569 e. The lowest BCUT2D eigenvalue weighted by molar-refractivity contribution is -0.711. The standard InChI is InChI=1S/C26H29F3N6O8S/c1-6-41-25(37)42-18(4)43-32-35(38)33(5)17(3)24(36)31-44(39,40)21-13-11-20(12-14-21)34-22(15-23(30-34)26(27,28)29)19-9-7-16(2)8-10-19/h7-15,17-18H,6H2,1-5H3,(H,31,36)/b35-32-/t17-,18?/m0/s1. The van der Waals surface area contributed by atoms with Crippen LogP contribution in [0.15, 0.2) is 64.8 Å². The number of hydrazine groups is 1. The molecule has 2 aromatic carbocycles. The topological polar surface area (TPSA) is 167 Å². The molecule has 18 heteroatoms. The van der Waals surface area contributed by atoms with Crippen molar-refractivity contribution in [3.8, 4) is 16.9 Å². The summed E-state index contributed by atoms with van der Waals surface area (Å²) in [4.78, 5) is 28.1. The Bertz CT molecular complexity index is 1610. The number of hydrogen-bond acceptors (Lipinski definition) is 10. The normalized spacial score (nSPS) is 13.5. The molecule has 0 saturated heterocycles. The monoisotopic (exact) mass is 642 g/mol. The number of rotatable bonds is 11. The van der Waals surface area contributed by atoms with Gasteiger partial charge in [-0.2, -0.15) is 18.3 Å². The Labute approximate surface area is 250 Å². The molecule has 14 nitrogen and oxygen atoms in total. The fourth-order valence-corrected chi connectivity index (χ4v) is 4.53. The van der Waals surface area contributed by atoms with E-state index in [0.29, 0.717) is 10.6 Å². The van der Waals surface area contributed by atoms with Crippen molar-refractivity contribution >= 4 is 22.1 Å². The summed E-state index contributed by atoms with van der Waals surface area (Å²) in [5.41, 5.74) is 0.455. The average molecular weight is 643 g/mol. The molecule has 1 heterocycles. The van der Waals surface area contributed by atoms with Gasteiger partial charge in [0.05, 0.1) is 34.9 Å². The molecule has 3 aromatic rings. The number of carbonyl (C=O) groups excluding carboxylic acids is 2. The van der Waals surface area contributed by atoms with Crippen LogP contribution < -0.4 is 4.72 Å². The van der Waals surface area contributed by atoms with Crippen molar-refractivity contribution < 1.29 is 50.5 Å². The van der Waals surface area contributed by atoms with Gasteiger partial charge >= 0.3 is 12.3 Å². The second-order valence-corrected chi connectivity index (χ2v) is 10.9. The summed E-state index contributed by atoms with van der Waals surface area (Å²) in [6.07, 6.45) is -7.11. The van der Waals surface area contributed by atoms with E-state index in [-0.39, 0.29) is 27.9 Å². The van der Waals surface area contributed by atoms with Crippen LogP contribution in [0, 0.1) is 12.1 Å². The Morgan fingerprint density at radius 2 is 1.75 bits per heavy atom. The third-order valence-corrected chi connectivity index (χ3v) is 7.34. The summed E-state index contributed by atoms with van der Waals surface area (Å²) in [6, 6.07) is 10.8. The molecular weight excluding hydrogens is 613 g/mol. The lowest BCUT2D eigenvalue weighted by Gasteiger charge is -2.20. The maximum atomic E-state index is 13.5. The molecule has 1 N–H and O–H groups in total. The highest BCUT2D eigenvalue weighted by Gasteiger charge is 2.35. The number of benzene rings is 2. The molecule has 0 aliphatic heterocycles. The van der Waals surface area contributed by atoms with Crippen LogP contribution in [0.25, 0.3) is 16.9 Å². The van der Waals surface area contributed by atoms with E-state index in [1.165, 1.54) is 26.0 Å². The zero-order chi connectivity index (χ0) is 32.8. The third-order valence-electron chi connectivity index (χ3n) is 5.97. The number of alkyl halides is 3. The van der Waals surface area contributed by atoms with E-state index < -0.39 is 46.3 Å². The zero-order valence-corrected chi connectivity index (χ0v) is 24.9. The van der Waals surface area contributed by atoms with Crippen LogP contribution in [0.2, 0.25) is 0 Å². The number of hydrogen-bond donors (Lipinski definition) is 1. The number of nitrogens with zero attached hydrogens (tertiary/aromatic N) is 5. The molecule has 0 saturated carbocycles. The molecule has 0 bridgehead atoms. The zero-order valence-electron chi connectivity index (χ0n) is 24.1. The van der Waals surface area contributed by atoms with Crippen molar-refractivity contribution in [2.45, 2.75) is 51.1 Å². The lowest BCUT2D eigenvalue weighted by atomic mass is 10.1. The van der Waals surface area contributed by atoms with Gasteiger partial charge in [-0.15, -0.1) is 5.01 Å². The molecular formula is C26H29F3N6O8S. The van der Waals surface area contributed by atoms with Gasteiger partial charge in [-0.05, 0) is 51.1 Å². The minimum absolute atomic E-state index is 0.0425. The average Bonchev–Trinajstić information content (AvgIpc) is 3.42. The number of halogens is 3. The minimum atomic E-state index is -4.73. The molecule has 0 aliphatic carbocycles. The number of aromatic nitrogens is 2. The Morgan fingerprint density at radius 3 is 2.32 bits per heavy atom. The molecule has 0 fully saturated rings. The molecule has 2 atom stereocenters. The molecule has 0 spiro atoms. The third kappa shape index (κ3) is 8.36. The molecule has 3 rings (SSSR count). The minimum Gasteiger partial charge on any atom is -0.569 e. The predicted octanol–water partition coefficient (Wildman–Crippen LogP) is 4.32. The van der Waals surface area contributed by atoms with Gasteiger partial charge in [-0.1, -0.05) is 29.8 Å². The number of carbonyl (C=O) groups is 2. The summed E-state index contributed by atoms with van der Waals surface area (Å²) >= 11 is 0. The van der Waals surface area contributed by atoms with Crippen LogP contribution in [0.4, 0.5) is 18.0 Å². The molecule has 0 aliphatic rings. The first-order chi connectivity index (χ1) is 20.5. The maximum Gasteiger partial charge on any atom is 0.511 e. The second kappa shape index (κ2) is 13.6. The van der Waals surface area contributed by atoms with E-state index in [2.05, 4.69) is 19.8 Å². The van der Waals surface area contributed by atoms with Crippen LogP contribution in [-0.4, -0.2) is 66.2 Å². The van der Waals surface area contributed by atoms with E-state index in [0.717, 1.165) is 35.5 Å². The highest BCUT2D eigenvalue weighted by atomic mass is 32.2. The first-order valence-electron chi connectivity index (χ1n) is 12.8. The SMILES string of the molecule is CCOC(=O)OC(C)O/N=[N+](\[O-])N(C)[C@@H](C)C(=O)NS(=O)(=O)c1ccc(-n2nc(C(F)(F)F)cc2-c2ccc(C)cc2)cc1. The van der Waals surface area contributed by atoms with E-state index in [1.807, 2.05) is 11.6 Å². The van der Waals surface area contributed by atoms with Gasteiger partial charge < -0.3 is 14.7 Å². The van der Waals surface area contributed by atoms with Crippen molar-refractivity contribution in [1.29, 1.82) is 0 Å². The fraction of sp³-hybridized carbons (Fsp3) is 0.346. The van der Waals surface area contributed by atoms with Crippen LogP contribution in [0.3, 0.4) is 0 Å². The van der Waals surface area contributed by atoms with Gasteiger partial charge in [0, 0.05) is 12.5 Å². The lowest BCUT2D eigenvalue weighted by Crippen LogP contribution is -2.47. The van der Waals surface area contributed by atoms with Gasteiger partial charge in [0.2, 0.25) is 5.28 Å². The van der Waals surface area contributed by atoms with Crippen molar-refractivity contribution in [3.05, 3.63) is 71.1 Å². The van der Waals surface area contributed by atoms with E-state index in [9.17, 15) is 36.4 Å². The highest BCUT2D eigenvalue weighted by Crippen LogP contribution is 2.33. The van der Waals surface area contributed by atoms with E-state index in [1.54, 1.807) is 31.2 Å². The summed E-state index contributed by atoms with van der Waals surface area (Å²) in [5, 5.41) is 19.7. The summed E-state index contributed by atoms with van der Waals surface area (Å²) in [5.74, 6) is -1.12. The number of aryl methyl sites for hydroxylation is 1. The van der Waals surface area contributed by atoms with Crippen molar-refractivity contribution in [2.75, 3.05) is 13.7 Å². The maximum absolute atomic E-state index is 13.5. The van der Waals surface area contributed by atoms with Crippen molar-refractivity contribution in [2.24, 2.45) is 5.28 Å². The Balaban J connectivity index is 1.75. The van der Waals surface area contributed by atoms with Crippen LogP contribution >= 0.6 is 0 Å². The van der Waals surface area contributed by atoms with Crippen molar-refractivity contribution in [1.82, 2.24) is 19.5 Å². The number of nitrogens with one attached hydrogen (secondary N) is 1. The number of ether oxygens (including phenoxy) is 2. The first-order valence-corrected chi connectivity index (χ1v) is 14.3. The summed E-state index contributed by atoms with van der Waals surface area (Å²) < 4.78 is 78.3. The van der Waals surface area contributed by atoms with E-state index in [4.69, 9.17) is 4.84 Å². The quantitative estimate of drug-likeness (QED) is 0.105. The Hall–Kier alpha value is -4.87. The van der Waals surface area contributed by atoms with Gasteiger partial charge in [-0.3, -0.25) is 9.63 Å². The summed E-state index contributed by atoms with van der Waals surface area (Å²) in [6.45, 7) is 5.86. The fourth-order valence-electron chi connectivity index (χ4n) is 3.48. The highest BCUT2D eigenvalue weighted by molar-refractivity contribution is 7.90. The molecule has 1 aromatic heterocycles. The van der Waals surface area contributed by atoms with Crippen LogP contribution in [0.1, 0.15) is 32.0 Å². The van der Waals surface area contributed by atoms with E-state index >= 15 is 0 Å². The number of likely N-dealkylation sites (N-methyl/N-ethyl adjacent to an activating group) is 1. The van der Waals surface area contributed by atoms with Gasteiger partial charge in [0.1, 0.15) is 0 Å². The van der Waals surface area contributed by atoms with Crippen LogP contribution in [-0.2, 0) is 35.3 Å². The second-order valence-electron chi connectivity index (χ2n) is 9.21. The smallest absolute Gasteiger partial charge is 0.511 e. The van der Waals surface area contributed by atoms with Gasteiger partial charge in [0.15, 0.2) is 11.7 Å². The number of sulfonamides is 1. The molecule has 1 unspecified atom stereocenters. The summed E-state index contributed by atoms with van der Waals surface area (Å²) in [7, 11) is -3.36.